The summed E-state index contributed by atoms with van der Waals surface area (Å²) in [6, 6.07) is 23.0. The van der Waals surface area contributed by atoms with Crippen LogP contribution in [0, 0.1) is 0 Å². The highest BCUT2D eigenvalue weighted by Crippen LogP contribution is 2.40. The van der Waals surface area contributed by atoms with Crippen LogP contribution < -0.4 is 4.74 Å². The van der Waals surface area contributed by atoms with Gasteiger partial charge in [0, 0.05) is 36.8 Å². The van der Waals surface area contributed by atoms with E-state index in [1.165, 1.54) is 0 Å². The van der Waals surface area contributed by atoms with Crippen molar-refractivity contribution < 1.29 is 24.2 Å². The second-order valence-corrected chi connectivity index (χ2v) is 9.73. The van der Waals surface area contributed by atoms with E-state index in [0.29, 0.717) is 54.8 Å². The van der Waals surface area contributed by atoms with Gasteiger partial charge in [-0.25, -0.2) is 0 Å². The van der Waals surface area contributed by atoms with Crippen LogP contribution in [0.25, 0.3) is 5.76 Å². The van der Waals surface area contributed by atoms with Crippen LogP contribution in [0.1, 0.15) is 22.7 Å². The molecular formula is C30H29ClN2O5. The molecule has 2 aliphatic rings. The maximum atomic E-state index is 13.3. The quantitative estimate of drug-likeness (QED) is 0.258. The van der Waals surface area contributed by atoms with Gasteiger partial charge in [-0.1, -0.05) is 54.1 Å². The number of carbonyl (C=O) groups is 2. The zero-order chi connectivity index (χ0) is 26.5. The third kappa shape index (κ3) is 5.75. The van der Waals surface area contributed by atoms with E-state index < -0.39 is 17.7 Å². The highest BCUT2D eigenvalue weighted by molar-refractivity contribution is 6.46. The number of morpholine rings is 1. The number of rotatable bonds is 8. The van der Waals surface area contributed by atoms with Crippen LogP contribution in [0.2, 0.25) is 5.02 Å². The summed E-state index contributed by atoms with van der Waals surface area (Å²) in [5, 5.41) is 11.7. The number of nitrogens with zero attached hydrogens (tertiary/aromatic N) is 2. The first kappa shape index (κ1) is 26.0. The monoisotopic (exact) mass is 532 g/mol. The van der Waals surface area contributed by atoms with Gasteiger partial charge in [0.05, 0.1) is 24.8 Å². The van der Waals surface area contributed by atoms with E-state index in [1.54, 1.807) is 29.2 Å². The molecular weight excluding hydrogens is 504 g/mol. The molecule has 1 N–H and O–H groups in total. The zero-order valence-corrected chi connectivity index (χ0v) is 21.6. The summed E-state index contributed by atoms with van der Waals surface area (Å²) < 4.78 is 11.3. The molecule has 2 aliphatic heterocycles. The van der Waals surface area contributed by atoms with E-state index in [4.69, 9.17) is 21.1 Å². The first-order chi connectivity index (χ1) is 18.5. The molecule has 2 saturated heterocycles. The maximum absolute atomic E-state index is 13.3. The second-order valence-electron chi connectivity index (χ2n) is 9.30. The minimum Gasteiger partial charge on any atom is -0.507 e. The van der Waals surface area contributed by atoms with Crippen molar-refractivity contribution in [1.82, 2.24) is 9.80 Å². The highest BCUT2D eigenvalue weighted by atomic mass is 35.5. The van der Waals surface area contributed by atoms with Gasteiger partial charge in [0.15, 0.2) is 0 Å². The number of carbonyl (C=O) groups excluding carboxylic acids is 2. The molecule has 0 spiro atoms. The van der Waals surface area contributed by atoms with E-state index in [2.05, 4.69) is 4.90 Å². The molecule has 0 unspecified atom stereocenters. The van der Waals surface area contributed by atoms with Crippen LogP contribution in [-0.4, -0.2) is 66.0 Å². The van der Waals surface area contributed by atoms with E-state index in [-0.39, 0.29) is 11.3 Å². The molecule has 3 aromatic rings. The molecule has 0 bridgehead atoms. The van der Waals surface area contributed by atoms with Gasteiger partial charge in [0.25, 0.3) is 11.7 Å². The lowest BCUT2D eigenvalue weighted by atomic mass is 9.95. The number of aliphatic hydroxyl groups is 1. The molecule has 38 heavy (non-hydrogen) atoms. The van der Waals surface area contributed by atoms with Gasteiger partial charge < -0.3 is 19.5 Å². The lowest BCUT2D eigenvalue weighted by molar-refractivity contribution is -0.140. The molecule has 0 aliphatic carbocycles. The predicted octanol–water partition coefficient (Wildman–Crippen LogP) is 4.67. The van der Waals surface area contributed by atoms with Gasteiger partial charge in [0.1, 0.15) is 18.1 Å². The molecule has 0 radical (unpaired) electrons. The number of hydrogen-bond acceptors (Lipinski definition) is 6. The summed E-state index contributed by atoms with van der Waals surface area (Å²) in [6.45, 7) is 4.20. The number of hydrogen-bond donors (Lipinski definition) is 1. The molecule has 1 amide bonds. The van der Waals surface area contributed by atoms with Crippen LogP contribution in [0.15, 0.2) is 84.4 Å². The van der Waals surface area contributed by atoms with Crippen molar-refractivity contribution in [1.29, 1.82) is 0 Å². The number of likely N-dealkylation sites (tertiary alicyclic amines) is 1. The van der Waals surface area contributed by atoms with Gasteiger partial charge in [0.2, 0.25) is 0 Å². The van der Waals surface area contributed by atoms with Crippen molar-refractivity contribution in [3.8, 4) is 5.75 Å². The van der Waals surface area contributed by atoms with Crippen molar-refractivity contribution in [3.05, 3.63) is 106 Å². The standard InChI is InChI=1S/C30H29ClN2O5/c31-24-10-6-23(7-11-24)28(34)26-27(33(30(36)29(26)35)15-14-32-16-18-37-19-17-32)22-8-12-25(13-9-22)38-20-21-4-2-1-3-5-21/h1-13,27,34H,14-20H2/t27-/m0/s1. The van der Waals surface area contributed by atoms with E-state index in [0.717, 1.165) is 18.7 Å². The van der Waals surface area contributed by atoms with Crippen molar-refractivity contribution >= 4 is 29.1 Å². The normalized spacial score (nSPS) is 19.6. The summed E-state index contributed by atoms with van der Waals surface area (Å²) in [5.74, 6) is -0.874. The highest BCUT2D eigenvalue weighted by Gasteiger charge is 2.46. The maximum Gasteiger partial charge on any atom is 0.295 e. The minimum atomic E-state index is -0.727. The number of Topliss-reactive ketones (excluding diaryl/α,β-unsaturated/α-hetero) is 1. The molecule has 1 atom stereocenters. The van der Waals surface area contributed by atoms with Gasteiger partial charge in [-0.15, -0.1) is 0 Å². The molecule has 2 fully saturated rings. The number of aliphatic hydroxyl groups excluding tert-OH is 1. The molecule has 0 saturated carbocycles. The molecule has 8 heteroatoms. The summed E-state index contributed by atoms with van der Waals surface area (Å²) in [4.78, 5) is 30.3. The Labute approximate surface area is 226 Å². The third-order valence-corrected chi connectivity index (χ3v) is 7.11. The third-order valence-electron chi connectivity index (χ3n) is 6.86. The molecule has 196 valence electrons. The predicted molar refractivity (Wildman–Crippen MR) is 145 cm³/mol. The average molecular weight is 533 g/mol. The summed E-state index contributed by atoms with van der Waals surface area (Å²) in [5.41, 5.74) is 2.26. The Kier molecular flexibility index (Phi) is 8.08. The molecule has 3 aromatic carbocycles. The van der Waals surface area contributed by atoms with Gasteiger partial charge >= 0.3 is 0 Å². The fraction of sp³-hybridized carbons (Fsp3) is 0.267. The van der Waals surface area contributed by atoms with Crippen LogP contribution in [0.3, 0.4) is 0 Å². The number of benzene rings is 3. The van der Waals surface area contributed by atoms with Gasteiger partial charge in [-0.3, -0.25) is 14.5 Å². The Balaban J connectivity index is 1.44. The van der Waals surface area contributed by atoms with Crippen LogP contribution >= 0.6 is 11.6 Å². The fourth-order valence-electron chi connectivity index (χ4n) is 4.78. The molecule has 2 heterocycles. The molecule has 7 nitrogen and oxygen atoms in total. The average Bonchev–Trinajstić information content (AvgIpc) is 3.21. The van der Waals surface area contributed by atoms with Crippen molar-refractivity contribution in [3.63, 3.8) is 0 Å². The number of amides is 1. The number of ketones is 1. The Bertz CT molecular complexity index is 1300. The topological polar surface area (TPSA) is 79.3 Å². The smallest absolute Gasteiger partial charge is 0.295 e. The lowest BCUT2D eigenvalue weighted by Gasteiger charge is -2.31. The van der Waals surface area contributed by atoms with Crippen molar-refractivity contribution in [2.75, 3.05) is 39.4 Å². The minimum absolute atomic E-state index is 0.0669. The second kappa shape index (κ2) is 11.8. The van der Waals surface area contributed by atoms with Crippen LogP contribution in [-0.2, 0) is 20.9 Å². The first-order valence-corrected chi connectivity index (χ1v) is 13.0. The van der Waals surface area contributed by atoms with E-state index in [9.17, 15) is 14.7 Å². The number of halogens is 1. The SMILES string of the molecule is O=C1C(=O)N(CCN2CCOCC2)[C@@H](c2ccc(OCc3ccccc3)cc2)C1=C(O)c1ccc(Cl)cc1. The van der Waals surface area contributed by atoms with Crippen molar-refractivity contribution in [2.45, 2.75) is 12.6 Å². The van der Waals surface area contributed by atoms with E-state index in [1.807, 2.05) is 54.6 Å². The Hall–Kier alpha value is -3.65. The van der Waals surface area contributed by atoms with Crippen LogP contribution in [0.5, 0.6) is 5.75 Å². The summed E-state index contributed by atoms with van der Waals surface area (Å²) in [7, 11) is 0. The Morgan fingerprint density at radius 3 is 2.29 bits per heavy atom. The largest absolute Gasteiger partial charge is 0.507 e. The van der Waals surface area contributed by atoms with E-state index >= 15 is 0 Å². The zero-order valence-electron chi connectivity index (χ0n) is 20.9. The molecule has 5 rings (SSSR count). The lowest BCUT2D eigenvalue weighted by Crippen LogP contribution is -2.42. The Morgan fingerprint density at radius 1 is 0.921 bits per heavy atom. The van der Waals surface area contributed by atoms with Gasteiger partial charge in [-0.05, 0) is 47.5 Å². The fourth-order valence-corrected chi connectivity index (χ4v) is 4.91. The van der Waals surface area contributed by atoms with Crippen LogP contribution in [0.4, 0.5) is 0 Å². The summed E-state index contributed by atoms with van der Waals surface area (Å²) >= 11 is 6.02. The van der Waals surface area contributed by atoms with Gasteiger partial charge in [-0.2, -0.15) is 0 Å². The van der Waals surface area contributed by atoms with Crippen molar-refractivity contribution in [2.24, 2.45) is 0 Å². The Morgan fingerprint density at radius 2 is 1.61 bits per heavy atom. The number of ether oxygens (including phenoxy) is 2. The summed E-state index contributed by atoms with van der Waals surface area (Å²) in [6.07, 6.45) is 0. The molecule has 0 aromatic heterocycles. The first-order valence-electron chi connectivity index (χ1n) is 12.6.